The highest BCUT2D eigenvalue weighted by atomic mass is 19.1. The van der Waals surface area contributed by atoms with Gasteiger partial charge in [0.1, 0.15) is 5.82 Å². The van der Waals surface area contributed by atoms with Crippen LogP contribution in [0.1, 0.15) is 25.5 Å². The van der Waals surface area contributed by atoms with Crippen molar-refractivity contribution in [1.82, 2.24) is 5.32 Å². The quantitative estimate of drug-likeness (QED) is 0.869. The van der Waals surface area contributed by atoms with Crippen LogP contribution in [0.4, 0.5) is 4.39 Å². The molecule has 90 valence electrons. The van der Waals surface area contributed by atoms with Gasteiger partial charge in [0.15, 0.2) is 0 Å². The number of benzene rings is 1. The number of nitrogens with one attached hydrogen (secondary N) is 1. The first kappa shape index (κ1) is 11.9. The number of furan rings is 1. The molecule has 17 heavy (non-hydrogen) atoms. The second-order valence-electron chi connectivity index (χ2n) is 4.03. The summed E-state index contributed by atoms with van der Waals surface area (Å²) in [6, 6.07) is 7.16. The highest BCUT2D eigenvalue weighted by molar-refractivity contribution is 5.63. The maximum Gasteiger partial charge on any atom is 0.131 e. The van der Waals surface area contributed by atoms with Crippen molar-refractivity contribution in [2.24, 2.45) is 0 Å². The first-order valence-corrected chi connectivity index (χ1v) is 5.77. The summed E-state index contributed by atoms with van der Waals surface area (Å²) in [5.41, 5.74) is 2.43. The first-order valence-electron chi connectivity index (χ1n) is 5.77. The van der Waals surface area contributed by atoms with Gasteiger partial charge >= 0.3 is 0 Å². The number of halogens is 1. The zero-order valence-corrected chi connectivity index (χ0v) is 10.0. The summed E-state index contributed by atoms with van der Waals surface area (Å²) in [6.07, 6.45) is 3.11. The van der Waals surface area contributed by atoms with Crippen molar-refractivity contribution in [3.05, 3.63) is 48.2 Å². The van der Waals surface area contributed by atoms with E-state index in [9.17, 15) is 4.39 Å². The maximum atomic E-state index is 13.7. The Kier molecular flexibility index (Phi) is 3.59. The molecule has 0 spiro atoms. The molecule has 3 heteroatoms. The van der Waals surface area contributed by atoms with Gasteiger partial charge < -0.3 is 9.73 Å². The van der Waals surface area contributed by atoms with Gasteiger partial charge in [0.25, 0.3) is 0 Å². The molecule has 1 aromatic heterocycles. The molecule has 1 unspecified atom stereocenters. The third kappa shape index (κ3) is 2.56. The summed E-state index contributed by atoms with van der Waals surface area (Å²) in [5.74, 6) is -0.223. The standard InChI is InChI=1S/C14H16FNO/c1-3-16-10(2)11-4-5-14(15)13(8-11)12-6-7-17-9-12/h4-10,16H,3H2,1-2H3. The van der Waals surface area contributed by atoms with Crippen molar-refractivity contribution in [2.75, 3.05) is 6.54 Å². The van der Waals surface area contributed by atoms with Gasteiger partial charge in [-0.15, -0.1) is 0 Å². The molecule has 0 aliphatic carbocycles. The van der Waals surface area contributed by atoms with Crippen LogP contribution in [-0.4, -0.2) is 6.54 Å². The fourth-order valence-corrected chi connectivity index (χ4v) is 1.88. The van der Waals surface area contributed by atoms with Gasteiger partial charge in [-0.25, -0.2) is 4.39 Å². The van der Waals surface area contributed by atoms with Gasteiger partial charge in [0, 0.05) is 17.2 Å². The Labute approximate surface area is 100 Å². The average molecular weight is 233 g/mol. The molecule has 2 aromatic rings. The van der Waals surface area contributed by atoms with Crippen LogP contribution in [0, 0.1) is 5.82 Å². The van der Waals surface area contributed by atoms with E-state index in [-0.39, 0.29) is 11.9 Å². The van der Waals surface area contributed by atoms with Crippen molar-refractivity contribution in [2.45, 2.75) is 19.9 Å². The van der Waals surface area contributed by atoms with Gasteiger partial charge in [-0.1, -0.05) is 13.0 Å². The number of hydrogen-bond donors (Lipinski definition) is 1. The van der Waals surface area contributed by atoms with Gasteiger partial charge in [0.2, 0.25) is 0 Å². The van der Waals surface area contributed by atoms with Crippen LogP contribution in [-0.2, 0) is 0 Å². The lowest BCUT2D eigenvalue weighted by Crippen LogP contribution is -2.17. The molecule has 0 bridgehead atoms. The smallest absolute Gasteiger partial charge is 0.131 e. The Balaban J connectivity index is 2.36. The molecule has 0 saturated carbocycles. The second kappa shape index (κ2) is 5.15. The predicted molar refractivity (Wildman–Crippen MR) is 66.2 cm³/mol. The van der Waals surface area contributed by atoms with E-state index in [1.807, 2.05) is 12.1 Å². The van der Waals surface area contributed by atoms with E-state index in [0.717, 1.165) is 17.7 Å². The van der Waals surface area contributed by atoms with Gasteiger partial charge in [-0.05, 0) is 37.2 Å². The molecule has 1 atom stereocenters. The van der Waals surface area contributed by atoms with Crippen LogP contribution in [0.2, 0.25) is 0 Å². The van der Waals surface area contributed by atoms with E-state index in [1.54, 1.807) is 18.6 Å². The largest absolute Gasteiger partial charge is 0.472 e. The van der Waals surface area contributed by atoms with Crippen LogP contribution < -0.4 is 5.32 Å². The molecule has 0 aliphatic rings. The van der Waals surface area contributed by atoms with Crippen molar-refractivity contribution in [1.29, 1.82) is 0 Å². The topological polar surface area (TPSA) is 25.2 Å². The van der Waals surface area contributed by atoms with Gasteiger partial charge in [-0.2, -0.15) is 0 Å². The molecule has 1 aromatic carbocycles. The first-order chi connectivity index (χ1) is 8.22. The number of hydrogen-bond acceptors (Lipinski definition) is 2. The summed E-state index contributed by atoms with van der Waals surface area (Å²) in [4.78, 5) is 0. The minimum absolute atomic E-state index is 0.214. The van der Waals surface area contributed by atoms with Crippen LogP contribution >= 0.6 is 0 Å². The Morgan fingerprint density at radius 1 is 1.35 bits per heavy atom. The summed E-state index contributed by atoms with van der Waals surface area (Å²) in [6.45, 7) is 5.01. The number of rotatable bonds is 4. The molecule has 1 N–H and O–H groups in total. The van der Waals surface area contributed by atoms with Crippen molar-refractivity contribution in [3.63, 3.8) is 0 Å². The Morgan fingerprint density at radius 3 is 2.82 bits per heavy atom. The van der Waals surface area contributed by atoms with Gasteiger partial charge in [0.05, 0.1) is 12.5 Å². The van der Waals surface area contributed by atoms with E-state index in [4.69, 9.17) is 4.42 Å². The summed E-state index contributed by atoms with van der Waals surface area (Å²) in [5, 5.41) is 3.31. The molecular formula is C14H16FNO. The highest BCUT2D eigenvalue weighted by Gasteiger charge is 2.10. The van der Waals surface area contributed by atoms with Crippen molar-refractivity contribution < 1.29 is 8.81 Å². The Hall–Kier alpha value is -1.61. The van der Waals surface area contributed by atoms with Crippen LogP contribution in [0.25, 0.3) is 11.1 Å². The van der Waals surface area contributed by atoms with Crippen molar-refractivity contribution in [3.8, 4) is 11.1 Å². The molecule has 2 rings (SSSR count). The molecule has 0 aliphatic heterocycles. The third-order valence-electron chi connectivity index (χ3n) is 2.83. The lowest BCUT2D eigenvalue weighted by atomic mass is 10.0. The van der Waals surface area contributed by atoms with Crippen LogP contribution in [0.5, 0.6) is 0 Å². The lowest BCUT2D eigenvalue weighted by Gasteiger charge is -2.14. The Morgan fingerprint density at radius 2 is 2.18 bits per heavy atom. The molecule has 1 heterocycles. The SMILES string of the molecule is CCNC(C)c1ccc(F)c(-c2ccoc2)c1. The lowest BCUT2D eigenvalue weighted by molar-refractivity contribution is 0.567. The molecule has 0 radical (unpaired) electrons. The monoisotopic (exact) mass is 233 g/mol. The van der Waals surface area contributed by atoms with E-state index in [0.29, 0.717) is 5.56 Å². The summed E-state index contributed by atoms with van der Waals surface area (Å²) in [7, 11) is 0. The fourth-order valence-electron chi connectivity index (χ4n) is 1.88. The summed E-state index contributed by atoms with van der Waals surface area (Å²) < 4.78 is 18.7. The van der Waals surface area contributed by atoms with E-state index >= 15 is 0 Å². The molecule has 0 amide bonds. The molecular weight excluding hydrogens is 217 g/mol. The van der Waals surface area contributed by atoms with Crippen molar-refractivity contribution >= 4 is 0 Å². The van der Waals surface area contributed by atoms with Crippen LogP contribution in [0.3, 0.4) is 0 Å². The fraction of sp³-hybridized carbons (Fsp3) is 0.286. The third-order valence-corrected chi connectivity index (χ3v) is 2.83. The van der Waals surface area contributed by atoms with E-state index in [2.05, 4.69) is 19.2 Å². The normalized spacial score (nSPS) is 12.6. The van der Waals surface area contributed by atoms with E-state index in [1.165, 1.54) is 6.07 Å². The van der Waals surface area contributed by atoms with E-state index < -0.39 is 0 Å². The molecule has 0 saturated heterocycles. The second-order valence-corrected chi connectivity index (χ2v) is 4.03. The minimum Gasteiger partial charge on any atom is -0.472 e. The molecule has 2 nitrogen and oxygen atoms in total. The zero-order valence-electron chi connectivity index (χ0n) is 10.0. The average Bonchev–Trinajstić information content (AvgIpc) is 2.83. The predicted octanol–water partition coefficient (Wildman–Crippen LogP) is 3.76. The van der Waals surface area contributed by atoms with Crippen LogP contribution in [0.15, 0.2) is 41.2 Å². The highest BCUT2D eigenvalue weighted by Crippen LogP contribution is 2.26. The summed E-state index contributed by atoms with van der Waals surface area (Å²) >= 11 is 0. The molecule has 0 fully saturated rings. The maximum absolute atomic E-state index is 13.7. The Bertz CT molecular complexity index is 479. The zero-order chi connectivity index (χ0) is 12.3. The minimum atomic E-state index is -0.223. The van der Waals surface area contributed by atoms with Gasteiger partial charge in [-0.3, -0.25) is 0 Å².